The van der Waals surface area contributed by atoms with Gasteiger partial charge < -0.3 is 20.3 Å². The summed E-state index contributed by atoms with van der Waals surface area (Å²) in [6.07, 6.45) is 1.84. The summed E-state index contributed by atoms with van der Waals surface area (Å²) in [5.74, 6) is -0.0743. The lowest BCUT2D eigenvalue weighted by atomic mass is 10.0. The fourth-order valence-electron chi connectivity index (χ4n) is 3.04. The molecule has 2 aromatic carbocycles. The number of rotatable bonds is 4. The van der Waals surface area contributed by atoms with Crippen molar-refractivity contribution in [1.82, 2.24) is 0 Å². The molecule has 2 N–H and O–H groups in total. The zero-order valence-electron chi connectivity index (χ0n) is 15.0. The minimum atomic E-state index is -0.320. The molecule has 0 spiro atoms. The first-order chi connectivity index (χ1) is 12.6. The molecule has 0 radical (unpaired) electrons. The fraction of sp³-hybridized carbons (Fsp3) is 0.300. The summed E-state index contributed by atoms with van der Waals surface area (Å²) in [5, 5.41) is 5.63. The van der Waals surface area contributed by atoms with Crippen molar-refractivity contribution in [2.24, 2.45) is 0 Å². The lowest BCUT2D eigenvalue weighted by Gasteiger charge is -2.29. The van der Waals surface area contributed by atoms with Crippen LogP contribution in [-0.4, -0.2) is 32.2 Å². The number of carbonyl (C=O) groups excluding carboxylic acids is 2. The minimum absolute atomic E-state index is 0.0466. The Labute approximate surface area is 153 Å². The summed E-state index contributed by atoms with van der Waals surface area (Å²) in [6.45, 7) is 2.70. The number of nitrogens with one attached hydrogen (secondary N) is 2. The van der Waals surface area contributed by atoms with E-state index in [9.17, 15) is 9.59 Å². The Morgan fingerprint density at radius 1 is 1.08 bits per heavy atom. The molecule has 0 bridgehead atoms. The molecular formula is C20H23N3O3. The van der Waals surface area contributed by atoms with Gasteiger partial charge in [0.25, 0.3) is 5.91 Å². The van der Waals surface area contributed by atoms with E-state index >= 15 is 0 Å². The predicted octanol–water partition coefficient (Wildman–Crippen LogP) is 3.56. The van der Waals surface area contributed by atoms with Crippen LogP contribution < -0.4 is 15.5 Å². The van der Waals surface area contributed by atoms with Crippen LogP contribution in [0.5, 0.6) is 0 Å². The highest BCUT2D eigenvalue weighted by atomic mass is 16.5. The molecule has 0 aliphatic carbocycles. The molecule has 136 valence electrons. The van der Waals surface area contributed by atoms with Gasteiger partial charge in [0, 0.05) is 30.7 Å². The fourth-order valence-corrected chi connectivity index (χ4v) is 3.04. The van der Waals surface area contributed by atoms with Crippen molar-refractivity contribution in [1.29, 1.82) is 0 Å². The van der Waals surface area contributed by atoms with Crippen molar-refractivity contribution >= 4 is 29.0 Å². The molecule has 6 nitrogen and oxygen atoms in total. The highest BCUT2D eigenvalue weighted by Crippen LogP contribution is 2.30. The van der Waals surface area contributed by atoms with Gasteiger partial charge >= 0.3 is 6.03 Å². The zero-order valence-corrected chi connectivity index (χ0v) is 15.0. The third-order valence-electron chi connectivity index (χ3n) is 4.34. The van der Waals surface area contributed by atoms with E-state index in [0.717, 1.165) is 35.3 Å². The highest BCUT2D eigenvalue weighted by Gasteiger charge is 2.22. The van der Waals surface area contributed by atoms with E-state index in [4.69, 9.17) is 4.74 Å². The highest BCUT2D eigenvalue weighted by molar-refractivity contribution is 6.01. The molecule has 0 unspecified atom stereocenters. The first-order valence-corrected chi connectivity index (χ1v) is 8.64. The number of hydrogen-bond donors (Lipinski definition) is 2. The van der Waals surface area contributed by atoms with Gasteiger partial charge in [0.2, 0.25) is 0 Å². The van der Waals surface area contributed by atoms with Crippen molar-refractivity contribution in [2.45, 2.75) is 19.8 Å². The Balaban J connectivity index is 1.73. The molecule has 0 fully saturated rings. The summed E-state index contributed by atoms with van der Waals surface area (Å²) >= 11 is 0. The predicted molar refractivity (Wildman–Crippen MR) is 103 cm³/mol. The molecule has 3 amide bonds. The molecule has 0 saturated heterocycles. The monoisotopic (exact) mass is 353 g/mol. The normalized spacial score (nSPS) is 13.1. The topological polar surface area (TPSA) is 70.7 Å². The molecule has 0 atom stereocenters. The number of nitrogens with zero attached hydrogens (tertiary/aromatic N) is 1. The second kappa shape index (κ2) is 8.01. The van der Waals surface area contributed by atoms with Gasteiger partial charge in [-0.05, 0) is 49.6 Å². The molecule has 0 saturated carbocycles. The lowest BCUT2D eigenvalue weighted by molar-refractivity contribution is -0.122. The van der Waals surface area contributed by atoms with E-state index in [-0.39, 0.29) is 18.5 Å². The number of aryl methyl sites for hydroxylation is 2. The molecule has 0 aromatic heterocycles. The van der Waals surface area contributed by atoms with Crippen molar-refractivity contribution in [2.75, 3.05) is 35.8 Å². The van der Waals surface area contributed by atoms with Crippen LogP contribution in [0.1, 0.15) is 17.5 Å². The smallest absolute Gasteiger partial charge is 0.323 e. The van der Waals surface area contributed by atoms with Crippen LogP contribution in [0, 0.1) is 6.92 Å². The average Bonchev–Trinajstić information content (AvgIpc) is 2.63. The number of anilines is 3. The SMILES string of the molecule is COCC(=O)N1CCCc2ccc(NC(=O)Nc3ccc(C)cc3)cc21. The van der Waals surface area contributed by atoms with E-state index in [1.165, 1.54) is 7.11 Å². The van der Waals surface area contributed by atoms with Gasteiger partial charge in [0.15, 0.2) is 0 Å². The van der Waals surface area contributed by atoms with Gasteiger partial charge in [0.05, 0.1) is 0 Å². The Hall–Kier alpha value is -2.86. The van der Waals surface area contributed by atoms with E-state index in [2.05, 4.69) is 10.6 Å². The van der Waals surface area contributed by atoms with Gasteiger partial charge in [-0.15, -0.1) is 0 Å². The maximum absolute atomic E-state index is 12.3. The van der Waals surface area contributed by atoms with Crippen LogP contribution in [-0.2, 0) is 16.0 Å². The average molecular weight is 353 g/mol. The quantitative estimate of drug-likeness (QED) is 0.883. The molecule has 1 aliphatic heterocycles. The zero-order chi connectivity index (χ0) is 18.5. The Morgan fingerprint density at radius 3 is 2.50 bits per heavy atom. The van der Waals surface area contributed by atoms with Crippen LogP contribution in [0.3, 0.4) is 0 Å². The van der Waals surface area contributed by atoms with Gasteiger partial charge in [-0.3, -0.25) is 4.79 Å². The van der Waals surface area contributed by atoms with Crippen LogP contribution >= 0.6 is 0 Å². The number of amides is 3. The minimum Gasteiger partial charge on any atom is -0.375 e. The number of urea groups is 1. The Morgan fingerprint density at radius 2 is 1.77 bits per heavy atom. The number of carbonyl (C=O) groups is 2. The largest absolute Gasteiger partial charge is 0.375 e. The number of benzene rings is 2. The third-order valence-corrected chi connectivity index (χ3v) is 4.34. The lowest BCUT2D eigenvalue weighted by Crippen LogP contribution is -2.37. The van der Waals surface area contributed by atoms with Gasteiger partial charge in [-0.25, -0.2) is 4.79 Å². The summed E-state index contributed by atoms with van der Waals surface area (Å²) in [6, 6.07) is 12.9. The molecule has 6 heteroatoms. The molecule has 3 rings (SSSR count). The number of hydrogen-bond acceptors (Lipinski definition) is 3. The Kier molecular flexibility index (Phi) is 5.53. The number of fused-ring (bicyclic) bond motifs is 1. The first kappa shape index (κ1) is 17.9. The van der Waals surface area contributed by atoms with Gasteiger partial charge in [-0.1, -0.05) is 23.8 Å². The summed E-state index contributed by atoms with van der Waals surface area (Å²) in [4.78, 5) is 26.2. The number of ether oxygens (including phenoxy) is 1. The Bertz CT molecular complexity index is 802. The van der Waals surface area contributed by atoms with Gasteiger partial charge in [0.1, 0.15) is 6.61 Å². The summed E-state index contributed by atoms with van der Waals surface area (Å²) in [7, 11) is 1.51. The summed E-state index contributed by atoms with van der Waals surface area (Å²) < 4.78 is 4.97. The number of methoxy groups -OCH3 is 1. The van der Waals surface area contributed by atoms with Crippen LogP contribution in [0.4, 0.5) is 21.9 Å². The van der Waals surface area contributed by atoms with Crippen LogP contribution in [0.25, 0.3) is 0 Å². The molecular weight excluding hydrogens is 330 g/mol. The van der Waals surface area contributed by atoms with Crippen molar-refractivity contribution < 1.29 is 14.3 Å². The van der Waals surface area contributed by atoms with Crippen molar-refractivity contribution in [3.05, 3.63) is 53.6 Å². The standard InChI is InChI=1S/C20H23N3O3/c1-14-5-8-16(9-6-14)21-20(25)22-17-10-7-15-4-3-11-23(18(15)12-17)19(24)13-26-2/h5-10,12H,3-4,11,13H2,1-2H3,(H2,21,22,25). The summed E-state index contributed by atoms with van der Waals surface area (Å²) in [5.41, 5.74) is 4.44. The molecule has 26 heavy (non-hydrogen) atoms. The van der Waals surface area contributed by atoms with Crippen LogP contribution in [0.2, 0.25) is 0 Å². The second-order valence-corrected chi connectivity index (χ2v) is 6.37. The maximum atomic E-state index is 12.3. The van der Waals surface area contributed by atoms with Crippen molar-refractivity contribution in [3.8, 4) is 0 Å². The van der Waals surface area contributed by atoms with E-state index in [1.807, 2.05) is 49.4 Å². The second-order valence-electron chi connectivity index (χ2n) is 6.37. The van der Waals surface area contributed by atoms with Gasteiger partial charge in [-0.2, -0.15) is 0 Å². The van der Waals surface area contributed by atoms with Crippen LogP contribution in [0.15, 0.2) is 42.5 Å². The molecule has 1 aliphatic rings. The molecule has 2 aromatic rings. The van der Waals surface area contributed by atoms with Crippen molar-refractivity contribution in [3.63, 3.8) is 0 Å². The first-order valence-electron chi connectivity index (χ1n) is 8.64. The van der Waals surface area contributed by atoms with E-state index < -0.39 is 0 Å². The third kappa shape index (κ3) is 4.21. The van der Waals surface area contributed by atoms with E-state index in [0.29, 0.717) is 12.2 Å². The maximum Gasteiger partial charge on any atom is 0.323 e. The van der Waals surface area contributed by atoms with E-state index in [1.54, 1.807) is 4.90 Å². The molecule has 1 heterocycles.